The third-order valence-electron chi connectivity index (χ3n) is 1.62. The Bertz CT molecular complexity index is 411. The van der Waals surface area contributed by atoms with E-state index in [9.17, 15) is 0 Å². The van der Waals surface area contributed by atoms with E-state index in [2.05, 4.69) is 36.6 Å². The van der Waals surface area contributed by atoms with Crippen LogP contribution in [0.3, 0.4) is 0 Å². The Balaban J connectivity index is 2.49. The van der Waals surface area contributed by atoms with Crippen molar-refractivity contribution in [1.82, 2.24) is 20.6 Å². The van der Waals surface area contributed by atoms with Crippen LogP contribution in [0.15, 0.2) is 22.7 Å². The van der Waals surface area contributed by atoms with Gasteiger partial charge in [0.25, 0.3) is 0 Å². The summed E-state index contributed by atoms with van der Waals surface area (Å²) in [6.45, 7) is 0. The lowest BCUT2D eigenvalue weighted by atomic mass is 10.2. The highest BCUT2D eigenvalue weighted by Crippen LogP contribution is 2.24. The first-order valence-corrected chi connectivity index (χ1v) is 4.36. The zero-order valence-electron chi connectivity index (χ0n) is 6.53. The van der Waals surface area contributed by atoms with Crippen molar-refractivity contribution >= 4 is 21.6 Å². The highest BCUT2D eigenvalue weighted by Gasteiger charge is 2.03. The van der Waals surface area contributed by atoms with Crippen LogP contribution in [0, 0.1) is 0 Å². The number of anilines is 1. The molecule has 1 aromatic heterocycles. The van der Waals surface area contributed by atoms with Crippen molar-refractivity contribution in [3.8, 4) is 11.4 Å². The summed E-state index contributed by atoms with van der Waals surface area (Å²) < 4.78 is 0.835. The molecular formula is C7H6BrN5. The first kappa shape index (κ1) is 8.18. The van der Waals surface area contributed by atoms with Crippen molar-refractivity contribution in [3.63, 3.8) is 0 Å². The lowest BCUT2D eigenvalue weighted by Crippen LogP contribution is -1.87. The van der Waals surface area contributed by atoms with E-state index in [4.69, 9.17) is 5.73 Å². The van der Waals surface area contributed by atoms with Gasteiger partial charge in [-0.3, -0.25) is 0 Å². The van der Waals surface area contributed by atoms with Crippen molar-refractivity contribution in [1.29, 1.82) is 0 Å². The second kappa shape index (κ2) is 3.14. The van der Waals surface area contributed by atoms with Crippen LogP contribution in [0.2, 0.25) is 0 Å². The van der Waals surface area contributed by atoms with Crippen LogP contribution >= 0.6 is 15.9 Å². The minimum absolute atomic E-state index is 0.626. The van der Waals surface area contributed by atoms with Crippen molar-refractivity contribution in [2.75, 3.05) is 5.73 Å². The molecule has 0 atom stereocenters. The molecule has 0 aliphatic carbocycles. The second-order valence-electron chi connectivity index (χ2n) is 2.49. The number of hydrogen-bond donors (Lipinski definition) is 2. The molecule has 3 N–H and O–H groups in total. The van der Waals surface area contributed by atoms with Gasteiger partial charge >= 0.3 is 0 Å². The van der Waals surface area contributed by atoms with E-state index in [1.54, 1.807) is 6.07 Å². The molecule has 13 heavy (non-hydrogen) atoms. The summed E-state index contributed by atoms with van der Waals surface area (Å²) in [5.74, 6) is 0.626. The minimum atomic E-state index is 0.626. The standard InChI is InChI=1S/C7H6BrN5/c8-5-3-4(1-2-6(5)9)7-10-12-13-11-7/h1-3H,9H2,(H,10,11,12,13). The van der Waals surface area contributed by atoms with Crippen molar-refractivity contribution in [2.45, 2.75) is 0 Å². The molecule has 0 radical (unpaired) electrons. The third-order valence-corrected chi connectivity index (χ3v) is 2.31. The molecule has 0 aliphatic heterocycles. The Kier molecular flexibility index (Phi) is 1.97. The molecule has 1 aromatic carbocycles. The Morgan fingerprint density at radius 3 is 2.85 bits per heavy atom. The molecule has 66 valence electrons. The predicted octanol–water partition coefficient (Wildman–Crippen LogP) is 1.21. The first-order valence-electron chi connectivity index (χ1n) is 3.56. The van der Waals surface area contributed by atoms with Gasteiger partial charge in [-0.05, 0) is 44.6 Å². The molecule has 2 aromatic rings. The van der Waals surface area contributed by atoms with Crippen LogP contribution in [-0.4, -0.2) is 20.6 Å². The SMILES string of the molecule is Nc1ccc(-c2nnn[nH]2)cc1Br. The van der Waals surface area contributed by atoms with Gasteiger partial charge in [0.05, 0.1) is 0 Å². The van der Waals surface area contributed by atoms with Crippen LogP contribution in [-0.2, 0) is 0 Å². The zero-order valence-corrected chi connectivity index (χ0v) is 8.12. The quantitative estimate of drug-likeness (QED) is 0.734. The van der Waals surface area contributed by atoms with Crippen LogP contribution in [0.4, 0.5) is 5.69 Å². The number of tetrazole rings is 1. The lowest BCUT2D eigenvalue weighted by Gasteiger charge is -1.99. The molecule has 6 heteroatoms. The molecule has 0 unspecified atom stereocenters. The summed E-state index contributed by atoms with van der Waals surface area (Å²) in [6.07, 6.45) is 0. The third kappa shape index (κ3) is 1.52. The molecule has 0 saturated heterocycles. The van der Waals surface area contributed by atoms with Gasteiger partial charge in [-0.2, -0.15) is 0 Å². The van der Waals surface area contributed by atoms with Gasteiger partial charge in [0, 0.05) is 15.7 Å². The molecule has 1 heterocycles. The van der Waals surface area contributed by atoms with E-state index in [-0.39, 0.29) is 0 Å². The van der Waals surface area contributed by atoms with Gasteiger partial charge in [0.1, 0.15) is 0 Å². The van der Waals surface area contributed by atoms with E-state index in [0.717, 1.165) is 10.0 Å². The number of nitrogens with zero attached hydrogens (tertiary/aromatic N) is 3. The number of nitrogen functional groups attached to an aromatic ring is 1. The second-order valence-corrected chi connectivity index (χ2v) is 3.34. The van der Waals surface area contributed by atoms with Crippen LogP contribution < -0.4 is 5.73 Å². The van der Waals surface area contributed by atoms with E-state index in [1.807, 2.05) is 12.1 Å². The molecule has 5 nitrogen and oxygen atoms in total. The lowest BCUT2D eigenvalue weighted by molar-refractivity contribution is 0.881. The summed E-state index contributed by atoms with van der Waals surface area (Å²) in [4.78, 5) is 0. The number of aromatic amines is 1. The topological polar surface area (TPSA) is 80.5 Å². The first-order chi connectivity index (χ1) is 6.27. The highest BCUT2D eigenvalue weighted by atomic mass is 79.9. The van der Waals surface area contributed by atoms with Gasteiger partial charge in [-0.25, -0.2) is 5.10 Å². The molecule has 0 bridgehead atoms. The zero-order chi connectivity index (χ0) is 9.26. The smallest absolute Gasteiger partial charge is 0.179 e. The number of nitrogens with one attached hydrogen (secondary N) is 1. The summed E-state index contributed by atoms with van der Waals surface area (Å²) in [7, 11) is 0. The predicted molar refractivity (Wildman–Crippen MR) is 51.7 cm³/mol. The van der Waals surface area contributed by atoms with Crippen LogP contribution in [0.5, 0.6) is 0 Å². The Morgan fingerprint density at radius 2 is 2.23 bits per heavy atom. The van der Waals surface area contributed by atoms with Crippen molar-refractivity contribution < 1.29 is 0 Å². The van der Waals surface area contributed by atoms with E-state index in [0.29, 0.717) is 11.5 Å². The van der Waals surface area contributed by atoms with Crippen LogP contribution in [0.1, 0.15) is 0 Å². The molecular weight excluding hydrogens is 234 g/mol. The largest absolute Gasteiger partial charge is 0.398 e. The maximum absolute atomic E-state index is 5.63. The number of rotatable bonds is 1. The van der Waals surface area contributed by atoms with Gasteiger partial charge in [0.15, 0.2) is 5.82 Å². The fourth-order valence-corrected chi connectivity index (χ4v) is 1.33. The van der Waals surface area contributed by atoms with Gasteiger partial charge in [-0.1, -0.05) is 0 Å². The fourth-order valence-electron chi connectivity index (χ4n) is 0.956. The summed E-state index contributed by atoms with van der Waals surface area (Å²) in [5.41, 5.74) is 7.22. The minimum Gasteiger partial charge on any atom is -0.398 e. The maximum Gasteiger partial charge on any atom is 0.179 e. The van der Waals surface area contributed by atoms with Crippen molar-refractivity contribution in [3.05, 3.63) is 22.7 Å². The van der Waals surface area contributed by atoms with Gasteiger partial charge in [0.2, 0.25) is 0 Å². The van der Waals surface area contributed by atoms with Gasteiger partial charge in [-0.15, -0.1) is 5.10 Å². The Labute approximate surface area is 82.5 Å². The number of aromatic nitrogens is 4. The Morgan fingerprint density at radius 1 is 1.38 bits per heavy atom. The van der Waals surface area contributed by atoms with Crippen LogP contribution in [0.25, 0.3) is 11.4 Å². The Hall–Kier alpha value is -1.43. The maximum atomic E-state index is 5.63. The molecule has 0 amide bonds. The summed E-state index contributed by atoms with van der Waals surface area (Å²) in [6, 6.07) is 5.50. The fraction of sp³-hybridized carbons (Fsp3) is 0. The monoisotopic (exact) mass is 239 g/mol. The average molecular weight is 240 g/mol. The summed E-state index contributed by atoms with van der Waals surface area (Å²) >= 11 is 3.32. The average Bonchev–Trinajstić information content (AvgIpc) is 2.62. The number of nitrogens with two attached hydrogens (primary N) is 1. The molecule has 0 fully saturated rings. The normalized spacial score (nSPS) is 10.2. The number of benzene rings is 1. The summed E-state index contributed by atoms with van der Waals surface area (Å²) in [5, 5.41) is 13.4. The molecule has 0 saturated carbocycles. The van der Waals surface area contributed by atoms with E-state index in [1.165, 1.54) is 0 Å². The van der Waals surface area contributed by atoms with E-state index < -0.39 is 0 Å². The number of H-pyrrole nitrogens is 1. The number of halogens is 1. The highest BCUT2D eigenvalue weighted by molar-refractivity contribution is 9.10. The molecule has 2 rings (SSSR count). The van der Waals surface area contributed by atoms with E-state index >= 15 is 0 Å². The van der Waals surface area contributed by atoms with Crippen molar-refractivity contribution in [2.24, 2.45) is 0 Å². The number of hydrogen-bond acceptors (Lipinski definition) is 4. The molecule has 0 aliphatic rings. The van der Waals surface area contributed by atoms with Gasteiger partial charge < -0.3 is 5.73 Å². The molecule has 0 spiro atoms.